The Hall–Kier alpha value is -4.15. The standard InChI is InChI=1S/C36H39F3N6O3/c1-5-22-8-6-9-23-14-25(46)15-26(29(22)23)30-28(38)16-27-32(31(30)39)40-34(48-20-36-10-7-12-45(36)18-24(37)17-36)41-33(27)44-19-35(2,11-13-47-4)42-43(3)21-44/h1,6,8-9,14-16,24,42,46H,7,10-13,17-21H2,2-4H3/t24-,35+,36+/m1/s1. The third-order valence-electron chi connectivity index (χ3n) is 10.0. The average molecular weight is 661 g/mol. The number of alkyl halides is 1. The molecule has 0 spiro atoms. The van der Waals surface area contributed by atoms with Gasteiger partial charge in [-0.05, 0) is 62.4 Å². The number of rotatable bonds is 8. The summed E-state index contributed by atoms with van der Waals surface area (Å²) in [5.74, 6) is 0.940. The number of fused-ring (bicyclic) bond motifs is 3. The van der Waals surface area contributed by atoms with Gasteiger partial charge >= 0.3 is 6.01 Å². The van der Waals surface area contributed by atoms with Gasteiger partial charge in [0.2, 0.25) is 0 Å². The van der Waals surface area contributed by atoms with Gasteiger partial charge in [-0.2, -0.15) is 9.97 Å². The Morgan fingerprint density at radius 3 is 2.83 bits per heavy atom. The molecule has 12 heteroatoms. The first-order valence-corrected chi connectivity index (χ1v) is 16.2. The van der Waals surface area contributed by atoms with Crippen molar-refractivity contribution in [2.24, 2.45) is 0 Å². The predicted molar refractivity (Wildman–Crippen MR) is 179 cm³/mol. The largest absolute Gasteiger partial charge is 0.508 e. The van der Waals surface area contributed by atoms with Crippen molar-refractivity contribution < 1.29 is 27.8 Å². The van der Waals surface area contributed by atoms with Crippen LogP contribution < -0.4 is 15.1 Å². The zero-order chi connectivity index (χ0) is 33.8. The monoisotopic (exact) mass is 660 g/mol. The van der Waals surface area contributed by atoms with Crippen molar-refractivity contribution in [1.82, 2.24) is 25.3 Å². The van der Waals surface area contributed by atoms with Crippen LogP contribution in [0.2, 0.25) is 0 Å². The molecule has 3 aliphatic rings. The SMILES string of the molecule is C#Cc1cccc2cc(O)cc(-c3c(F)cc4c(N5CN(C)N[C@@](C)(CCOC)C5)nc(OC[C@@]56CCCN5C[C@H](F)C6)nc4c3F)c12. The second-order valence-electron chi connectivity index (χ2n) is 13.6. The van der Waals surface area contributed by atoms with Crippen molar-refractivity contribution in [2.45, 2.75) is 49.9 Å². The summed E-state index contributed by atoms with van der Waals surface area (Å²) in [6.45, 7) is 4.63. The van der Waals surface area contributed by atoms with Crippen LogP contribution in [0.4, 0.5) is 19.0 Å². The Labute approximate surface area is 277 Å². The minimum Gasteiger partial charge on any atom is -0.508 e. The molecule has 0 unspecified atom stereocenters. The van der Waals surface area contributed by atoms with Crippen LogP contribution in [0.25, 0.3) is 32.8 Å². The van der Waals surface area contributed by atoms with E-state index in [9.17, 15) is 9.50 Å². The zero-order valence-corrected chi connectivity index (χ0v) is 27.3. The zero-order valence-electron chi connectivity index (χ0n) is 27.3. The molecule has 3 fully saturated rings. The number of nitrogens with zero attached hydrogens (tertiary/aromatic N) is 5. The normalized spacial score (nSPS) is 24.8. The van der Waals surface area contributed by atoms with Crippen LogP contribution in [0.5, 0.6) is 11.8 Å². The van der Waals surface area contributed by atoms with Crippen molar-refractivity contribution in [3.8, 4) is 35.2 Å². The van der Waals surface area contributed by atoms with E-state index in [1.807, 2.05) is 23.9 Å². The summed E-state index contributed by atoms with van der Waals surface area (Å²) in [6.07, 6.45) is 7.57. The Kier molecular flexibility index (Phi) is 8.36. The Morgan fingerprint density at radius 1 is 1.21 bits per heavy atom. The Bertz CT molecular complexity index is 1940. The molecule has 7 rings (SSSR count). The van der Waals surface area contributed by atoms with Crippen LogP contribution >= 0.6 is 0 Å². The number of nitrogens with one attached hydrogen (secondary N) is 1. The molecule has 2 N–H and O–H groups in total. The number of aromatic nitrogens is 2. The van der Waals surface area contributed by atoms with Gasteiger partial charge in [0.05, 0.1) is 17.8 Å². The highest BCUT2D eigenvalue weighted by atomic mass is 19.1. The van der Waals surface area contributed by atoms with E-state index in [-0.39, 0.29) is 40.4 Å². The van der Waals surface area contributed by atoms with Gasteiger partial charge < -0.3 is 19.5 Å². The van der Waals surface area contributed by atoms with E-state index in [1.54, 1.807) is 25.3 Å². The van der Waals surface area contributed by atoms with Gasteiger partial charge in [-0.25, -0.2) is 23.6 Å². The summed E-state index contributed by atoms with van der Waals surface area (Å²) < 4.78 is 59.5. The number of benzene rings is 3. The molecule has 3 aromatic carbocycles. The topological polar surface area (TPSA) is 86.2 Å². The number of halogens is 3. The molecule has 0 amide bonds. The van der Waals surface area contributed by atoms with E-state index in [1.165, 1.54) is 18.2 Å². The molecular weight excluding hydrogens is 621 g/mol. The number of methoxy groups -OCH3 is 1. The molecule has 3 saturated heterocycles. The lowest BCUT2D eigenvalue weighted by molar-refractivity contribution is 0.0727. The van der Waals surface area contributed by atoms with E-state index in [0.29, 0.717) is 61.4 Å². The molecule has 48 heavy (non-hydrogen) atoms. The Balaban J connectivity index is 1.40. The summed E-state index contributed by atoms with van der Waals surface area (Å²) >= 11 is 0. The van der Waals surface area contributed by atoms with Crippen LogP contribution in [0.15, 0.2) is 36.4 Å². The van der Waals surface area contributed by atoms with E-state index in [4.69, 9.17) is 20.9 Å². The number of anilines is 1. The van der Waals surface area contributed by atoms with Gasteiger partial charge in [0, 0.05) is 67.7 Å². The van der Waals surface area contributed by atoms with Crippen LogP contribution in [0, 0.1) is 24.0 Å². The fourth-order valence-corrected chi connectivity index (χ4v) is 7.95. The molecule has 4 aromatic rings. The highest BCUT2D eigenvalue weighted by Crippen LogP contribution is 2.43. The first kappa shape index (κ1) is 32.4. The number of phenols is 1. The molecule has 252 valence electrons. The molecule has 0 aliphatic carbocycles. The quantitative estimate of drug-likeness (QED) is 0.242. The fraction of sp³-hybridized carbons (Fsp3) is 0.444. The predicted octanol–water partition coefficient (Wildman–Crippen LogP) is 5.38. The number of hydrazine groups is 1. The van der Waals surface area contributed by atoms with E-state index < -0.39 is 28.9 Å². The van der Waals surface area contributed by atoms with Gasteiger partial charge in [-0.1, -0.05) is 18.1 Å². The highest BCUT2D eigenvalue weighted by Gasteiger charge is 2.49. The van der Waals surface area contributed by atoms with Crippen molar-refractivity contribution >= 4 is 27.5 Å². The number of ether oxygens (including phenoxy) is 2. The van der Waals surface area contributed by atoms with E-state index >= 15 is 8.78 Å². The van der Waals surface area contributed by atoms with Crippen molar-refractivity contribution in [3.05, 3.63) is 53.6 Å². The second kappa shape index (κ2) is 12.4. The average Bonchev–Trinajstić information content (AvgIpc) is 3.57. The summed E-state index contributed by atoms with van der Waals surface area (Å²) in [5, 5.41) is 13.6. The maximum absolute atomic E-state index is 17.0. The minimum absolute atomic E-state index is 0.0812. The lowest BCUT2D eigenvalue weighted by Crippen LogP contribution is -2.65. The fourth-order valence-electron chi connectivity index (χ4n) is 7.95. The Morgan fingerprint density at radius 2 is 2.04 bits per heavy atom. The van der Waals surface area contributed by atoms with Crippen LogP contribution in [0.1, 0.15) is 38.2 Å². The van der Waals surface area contributed by atoms with E-state index in [0.717, 1.165) is 19.4 Å². The first-order valence-electron chi connectivity index (χ1n) is 16.2. The summed E-state index contributed by atoms with van der Waals surface area (Å²) in [5.41, 5.74) is 2.56. The smallest absolute Gasteiger partial charge is 0.319 e. The van der Waals surface area contributed by atoms with Gasteiger partial charge in [0.1, 0.15) is 35.7 Å². The maximum atomic E-state index is 17.0. The maximum Gasteiger partial charge on any atom is 0.319 e. The van der Waals surface area contributed by atoms with Gasteiger partial charge in [0.15, 0.2) is 5.82 Å². The van der Waals surface area contributed by atoms with E-state index in [2.05, 4.69) is 21.2 Å². The van der Waals surface area contributed by atoms with Crippen LogP contribution in [-0.4, -0.2) is 95.9 Å². The van der Waals surface area contributed by atoms with Crippen molar-refractivity contribution in [2.75, 3.05) is 58.6 Å². The summed E-state index contributed by atoms with van der Waals surface area (Å²) in [7, 11) is 3.52. The molecule has 9 nitrogen and oxygen atoms in total. The lowest BCUT2D eigenvalue weighted by atomic mass is 9.92. The molecule has 0 saturated carbocycles. The lowest BCUT2D eigenvalue weighted by Gasteiger charge is -2.46. The van der Waals surface area contributed by atoms with Crippen molar-refractivity contribution in [3.63, 3.8) is 0 Å². The minimum atomic E-state index is -0.948. The number of terminal acetylenes is 1. The number of hydrogen-bond donors (Lipinski definition) is 2. The second-order valence-corrected chi connectivity index (χ2v) is 13.6. The summed E-state index contributed by atoms with van der Waals surface area (Å²) in [6, 6.07) is 9.10. The summed E-state index contributed by atoms with van der Waals surface area (Å²) in [4.78, 5) is 13.4. The van der Waals surface area contributed by atoms with Gasteiger partial charge in [0.25, 0.3) is 0 Å². The molecule has 1 aromatic heterocycles. The third kappa shape index (κ3) is 5.68. The molecule has 0 radical (unpaired) electrons. The molecule has 3 atom stereocenters. The third-order valence-corrected chi connectivity index (χ3v) is 10.0. The molecule has 4 heterocycles. The van der Waals surface area contributed by atoms with Crippen molar-refractivity contribution in [1.29, 1.82) is 0 Å². The molecule has 0 bridgehead atoms. The number of hydrogen-bond acceptors (Lipinski definition) is 9. The highest BCUT2D eigenvalue weighted by molar-refractivity contribution is 6.04. The van der Waals surface area contributed by atoms with Gasteiger partial charge in [-0.3, -0.25) is 4.90 Å². The van der Waals surface area contributed by atoms with Gasteiger partial charge in [-0.15, -0.1) is 6.42 Å². The van der Waals surface area contributed by atoms with Crippen LogP contribution in [-0.2, 0) is 4.74 Å². The molecule has 3 aliphatic heterocycles. The molecular formula is C36H39F3N6O3. The first-order chi connectivity index (χ1) is 23.0. The number of aromatic hydroxyl groups is 1. The van der Waals surface area contributed by atoms with Crippen LogP contribution in [0.3, 0.4) is 0 Å². The number of phenolic OH excluding ortho intramolecular Hbond substituents is 1.